The van der Waals surface area contributed by atoms with Gasteiger partial charge in [0.25, 0.3) is 0 Å². The Kier molecular flexibility index (Phi) is 7.71. The smallest absolute Gasteiger partial charge is 0.157 e. The van der Waals surface area contributed by atoms with Crippen molar-refractivity contribution in [3.8, 4) is 17.2 Å². The summed E-state index contributed by atoms with van der Waals surface area (Å²) in [6.07, 6.45) is 4.29. The van der Waals surface area contributed by atoms with Gasteiger partial charge in [0.05, 0.1) is 17.2 Å². The van der Waals surface area contributed by atoms with E-state index in [1.165, 1.54) is 0 Å². The summed E-state index contributed by atoms with van der Waals surface area (Å²) in [6, 6.07) is 0. The van der Waals surface area contributed by atoms with Crippen molar-refractivity contribution in [1.82, 2.24) is 0 Å². The standard InChI is InChI=1S/C28H42O6/c1-14(2)11-20(23-26(33)18(12-29)25(32)19(13-30)27(23)34)28(6)10-9-17-21(31)8-7-16(5)22(15(3)4)24(17)28/h12-17,20-22,24,31-34H,7-11H2,1-6H3/t16-,17?,20?,21-,22-,24-,28?/m1/s1. The number of aliphatic hydroxyl groups is 1. The van der Waals surface area contributed by atoms with Crippen molar-refractivity contribution in [3.05, 3.63) is 16.7 Å². The number of aliphatic hydroxyl groups excluding tert-OH is 1. The molecule has 0 bridgehead atoms. The molecule has 6 nitrogen and oxygen atoms in total. The van der Waals surface area contributed by atoms with Gasteiger partial charge in [-0.05, 0) is 78.9 Å². The van der Waals surface area contributed by atoms with Crippen molar-refractivity contribution in [2.45, 2.75) is 85.7 Å². The first kappa shape index (κ1) is 26.5. The number of aldehydes is 2. The van der Waals surface area contributed by atoms with Crippen LogP contribution in [0.25, 0.3) is 0 Å². The normalized spacial score (nSPS) is 32.4. The summed E-state index contributed by atoms with van der Waals surface area (Å²) in [4.78, 5) is 23.6. The molecule has 0 saturated heterocycles. The molecule has 6 heteroatoms. The van der Waals surface area contributed by atoms with Gasteiger partial charge in [0.1, 0.15) is 17.2 Å². The number of carbonyl (C=O) groups is 2. The van der Waals surface area contributed by atoms with E-state index in [2.05, 4.69) is 41.5 Å². The molecule has 1 aromatic rings. The maximum absolute atomic E-state index is 11.8. The average molecular weight is 475 g/mol. The van der Waals surface area contributed by atoms with Crippen molar-refractivity contribution in [2.75, 3.05) is 0 Å². The Morgan fingerprint density at radius 3 is 1.97 bits per heavy atom. The third kappa shape index (κ3) is 4.23. The molecule has 2 aliphatic carbocycles. The van der Waals surface area contributed by atoms with Crippen molar-refractivity contribution >= 4 is 12.6 Å². The van der Waals surface area contributed by atoms with Crippen molar-refractivity contribution in [3.63, 3.8) is 0 Å². The van der Waals surface area contributed by atoms with Crippen molar-refractivity contribution in [2.24, 2.45) is 40.9 Å². The second-order valence-electron chi connectivity index (χ2n) is 11.9. The van der Waals surface area contributed by atoms with Crippen LogP contribution in [0.4, 0.5) is 0 Å². The number of aromatic hydroxyl groups is 3. The quantitative estimate of drug-likeness (QED) is 0.379. The van der Waals surface area contributed by atoms with E-state index in [1.54, 1.807) is 0 Å². The van der Waals surface area contributed by atoms with Gasteiger partial charge < -0.3 is 20.4 Å². The van der Waals surface area contributed by atoms with Gasteiger partial charge in [0.15, 0.2) is 12.6 Å². The number of phenols is 3. The molecule has 2 saturated carbocycles. The van der Waals surface area contributed by atoms with Crippen LogP contribution in [0.3, 0.4) is 0 Å². The lowest BCUT2D eigenvalue weighted by molar-refractivity contribution is 0.00439. The molecule has 1 aromatic carbocycles. The molecule has 34 heavy (non-hydrogen) atoms. The number of carbonyl (C=O) groups excluding carboxylic acids is 2. The summed E-state index contributed by atoms with van der Waals surface area (Å²) in [6.45, 7) is 13.1. The Morgan fingerprint density at radius 1 is 0.941 bits per heavy atom. The lowest BCUT2D eigenvalue weighted by atomic mass is 9.56. The number of rotatable bonds is 7. The molecule has 190 valence electrons. The summed E-state index contributed by atoms with van der Waals surface area (Å²) >= 11 is 0. The van der Waals surface area contributed by atoms with Crippen LogP contribution < -0.4 is 0 Å². The zero-order valence-electron chi connectivity index (χ0n) is 21.4. The van der Waals surface area contributed by atoms with Crippen LogP contribution in [-0.2, 0) is 0 Å². The molecular weight excluding hydrogens is 432 g/mol. The van der Waals surface area contributed by atoms with Gasteiger partial charge in [-0.1, -0.05) is 41.5 Å². The summed E-state index contributed by atoms with van der Waals surface area (Å²) in [5, 5.41) is 43.8. The maximum atomic E-state index is 11.8. The van der Waals surface area contributed by atoms with Gasteiger partial charge in [0, 0.05) is 5.56 Å². The minimum absolute atomic E-state index is 0.120. The summed E-state index contributed by atoms with van der Waals surface area (Å²) < 4.78 is 0. The zero-order chi connectivity index (χ0) is 25.5. The van der Waals surface area contributed by atoms with Crippen LogP contribution >= 0.6 is 0 Å². The van der Waals surface area contributed by atoms with E-state index in [9.17, 15) is 30.0 Å². The van der Waals surface area contributed by atoms with Gasteiger partial charge in [-0.2, -0.15) is 0 Å². The first-order chi connectivity index (χ1) is 15.9. The van der Waals surface area contributed by atoms with Gasteiger partial charge in [-0.3, -0.25) is 9.59 Å². The Morgan fingerprint density at radius 2 is 1.50 bits per heavy atom. The van der Waals surface area contributed by atoms with Gasteiger partial charge in [-0.15, -0.1) is 0 Å². The predicted octanol–water partition coefficient (Wildman–Crippen LogP) is 5.65. The molecule has 0 heterocycles. The fourth-order valence-electron chi connectivity index (χ4n) is 7.66. The fourth-order valence-corrected chi connectivity index (χ4v) is 7.66. The zero-order valence-corrected chi connectivity index (χ0v) is 21.4. The second-order valence-corrected chi connectivity index (χ2v) is 11.9. The third-order valence-electron chi connectivity index (χ3n) is 9.11. The van der Waals surface area contributed by atoms with Crippen LogP contribution in [0.2, 0.25) is 0 Å². The Balaban J connectivity index is 2.30. The third-order valence-corrected chi connectivity index (χ3v) is 9.11. The maximum Gasteiger partial charge on any atom is 0.157 e. The Hall–Kier alpha value is -2.08. The van der Waals surface area contributed by atoms with Gasteiger partial charge in [0.2, 0.25) is 0 Å². The lowest BCUT2D eigenvalue weighted by Gasteiger charge is -2.48. The molecule has 0 radical (unpaired) electrons. The van der Waals surface area contributed by atoms with E-state index >= 15 is 0 Å². The number of hydrogen-bond acceptors (Lipinski definition) is 6. The Bertz CT molecular complexity index is 887. The molecular formula is C28H42O6. The highest BCUT2D eigenvalue weighted by molar-refractivity contribution is 5.95. The van der Waals surface area contributed by atoms with Gasteiger partial charge in [-0.25, -0.2) is 0 Å². The molecule has 3 rings (SSSR count). The molecule has 4 N–H and O–H groups in total. The number of phenolic OH excluding ortho intramolecular Hbond substituents is 3. The molecule has 2 aliphatic rings. The topological polar surface area (TPSA) is 115 Å². The molecule has 3 unspecified atom stereocenters. The SMILES string of the molecule is CC(C)CC(c1c(O)c(C=O)c(O)c(C=O)c1O)C1(C)CCC2[C@H](O)CC[C@@H](C)[C@@H](C(C)C)[C@@H]21. The predicted molar refractivity (Wildman–Crippen MR) is 131 cm³/mol. The van der Waals surface area contributed by atoms with Crippen LogP contribution in [0.15, 0.2) is 0 Å². The lowest BCUT2D eigenvalue weighted by Crippen LogP contribution is -2.42. The van der Waals surface area contributed by atoms with Crippen LogP contribution in [-0.4, -0.2) is 39.1 Å². The van der Waals surface area contributed by atoms with E-state index in [4.69, 9.17) is 0 Å². The summed E-state index contributed by atoms with van der Waals surface area (Å²) in [7, 11) is 0. The van der Waals surface area contributed by atoms with Gasteiger partial charge >= 0.3 is 0 Å². The van der Waals surface area contributed by atoms with Crippen molar-refractivity contribution < 1.29 is 30.0 Å². The number of fused-ring (bicyclic) bond motifs is 1. The first-order valence-electron chi connectivity index (χ1n) is 12.8. The molecule has 0 amide bonds. The molecule has 0 aromatic heterocycles. The van der Waals surface area contributed by atoms with Crippen LogP contribution in [0.5, 0.6) is 17.2 Å². The summed E-state index contributed by atoms with van der Waals surface area (Å²) in [5.41, 5.74) is -0.948. The van der Waals surface area contributed by atoms with E-state index in [-0.39, 0.29) is 40.4 Å². The monoisotopic (exact) mass is 474 g/mol. The van der Waals surface area contributed by atoms with E-state index in [0.29, 0.717) is 36.7 Å². The highest BCUT2D eigenvalue weighted by atomic mass is 16.3. The number of benzene rings is 1. The highest BCUT2D eigenvalue weighted by Gasteiger charge is 2.57. The fraction of sp³-hybridized carbons (Fsp3) is 0.714. The molecule has 7 atom stereocenters. The van der Waals surface area contributed by atoms with Crippen molar-refractivity contribution in [1.29, 1.82) is 0 Å². The first-order valence-corrected chi connectivity index (χ1v) is 12.8. The Labute approximate surface area is 203 Å². The second kappa shape index (κ2) is 9.88. The minimum atomic E-state index is -0.694. The molecule has 0 spiro atoms. The van der Waals surface area contributed by atoms with Crippen LogP contribution in [0.1, 0.15) is 106 Å². The van der Waals surface area contributed by atoms with E-state index in [1.807, 2.05) is 0 Å². The van der Waals surface area contributed by atoms with E-state index < -0.39 is 28.8 Å². The van der Waals surface area contributed by atoms with E-state index in [0.717, 1.165) is 25.7 Å². The van der Waals surface area contributed by atoms with Crippen LogP contribution in [0, 0.1) is 40.9 Å². The molecule has 0 aliphatic heterocycles. The molecule has 2 fully saturated rings. The average Bonchev–Trinajstić information content (AvgIpc) is 3.02. The number of hydrogen-bond donors (Lipinski definition) is 4. The highest BCUT2D eigenvalue weighted by Crippen LogP contribution is 2.65. The largest absolute Gasteiger partial charge is 0.507 e. The minimum Gasteiger partial charge on any atom is -0.507 e. The summed E-state index contributed by atoms with van der Waals surface area (Å²) in [5.74, 6) is -0.323.